The topological polar surface area (TPSA) is 15.6 Å². The van der Waals surface area contributed by atoms with E-state index in [1.807, 2.05) is 12.4 Å². The highest BCUT2D eigenvalue weighted by Gasteiger charge is 2.12. The predicted octanol–water partition coefficient (Wildman–Crippen LogP) is 2.11. The number of nitrogens with zero attached hydrogens (tertiary/aromatic N) is 2. The third-order valence-corrected chi connectivity index (χ3v) is 3.67. The van der Waals surface area contributed by atoms with Crippen molar-refractivity contribution in [2.24, 2.45) is 4.99 Å². The standard InChI is InChI=1S/C17H20N2/c1-3-5-19(6-4-2)17-9-13-7-15-11-18-12-16(15)8-14(13)10-17/h7-12H,3-6H2,1-2H3. The fourth-order valence-corrected chi connectivity index (χ4v) is 2.79. The monoisotopic (exact) mass is 252 g/mol. The van der Waals surface area contributed by atoms with Gasteiger partial charge in [0.15, 0.2) is 0 Å². The average Bonchev–Trinajstić information content (AvgIpc) is 3.00. The Kier molecular flexibility index (Phi) is 3.24. The summed E-state index contributed by atoms with van der Waals surface area (Å²) >= 11 is 0. The lowest BCUT2D eigenvalue weighted by atomic mass is 10.1. The fraction of sp³-hybridized carbons (Fsp3) is 0.353. The summed E-state index contributed by atoms with van der Waals surface area (Å²) in [4.78, 5) is 6.70. The van der Waals surface area contributed by atoms with Crippen molar-refractivity contribution in [2.75, 3.05) is 13.1 Å². The Morgan fingerprint density at radius 1 is 0.947 bits per heavy atom. The molecule has 2 heteroatoms. The minimum atomic E-state index is 1.14. The molecule has 1 aromatic carbocycles. The molecular weight excluding hydrogens is 232 g/mol. The van der Waals surface area contributed by atoms with E-state index in [0.29, 0.717) is 0 Å². The summed E-state index contributed by atoms with van der Waals surface area (Å²) in [6, 6.07) is 4.49. The molecule has 19 heavy (non-hydrogen) atoms. The minimum Gasteiger partial charge on any atom is -0.372 e. The Morgan fingerprint density at radius 3 is 2.42 bits per heavy atom. The van der Waals surface area contributed by atoms with E-state index in [1.54, 1.807) is 0 Å². The molecule has 1 aliphatic heterocycles. The highest BCUT2D eigenvalue weighted by atomic mass is 15.1. The Labute approximate surface area is 114 Å². The van der Waals surface area contributed by atoms with Crippen LogP contribution in [0.25, 0.3) is 18.4 Å². The zero-order valence-electron chi connectivity index (χ0n) is 11.7. The van der Waals surface area contributed by atoms with Gasteiger partial charge in [0.05, 0.1) is 0 Å². The number of rotatable bonds is 5. The zero-order chi connectivity index (χ0) is 13.2. The molecule has 0 saturated carbocycles. The SMILES string of the molecule is CCCN(CCC)C1=Cc2cc3c(cc2=C1)C=NC=3. The number of aliphatic imine (C=N–C) groups is 1. The van der Waals surface area contributed by atoms with Crippen LogP contribution in [0.2, 0.25) is 0 Å². The van der Waals surface area contributed by atoms with Crippen LogP contribution in [0.15, 0.2) is 22.8 Å². The first-order chi connectivity index (χ1) is 9.31. The molecule has 0 saturated heterocycles. The van der Waals surface area contributed by atoms with Gasteiger partial charge < -0.3 is 4.90 Å². The van der Waals surface area contributed by atoms with Gasteiger partial charge in [0.25, 0.3) is 0 Å². The Bertz CT molecular complexity index is 659. The first-order valence-electron chi connectivity index (χ1n) is 7.17. The van der Waals surface area contributed by atoms with Crippen molar-refractivity contribution in [3.05, 3.63) is 39.4 Å². The third kappa shape index (κ3) is 2.23. The predicted molar refractivity (Wildman–Crippen MR) is 82.3 cm³/mol. The summed E-state index contributed by atoms with van der Waals surface area (Å²) in [5.41, 5.74) is 3.93. The molecule has 0 radical (unpaired) electrons. The summed E-state index contributed by atoms with van der Waals surface area (Å²) in [6.45, 7) is 6.76. The zero-order valence-corrected chi connectivity index (χ0v) is 11.7. The molecule has 3 rings (SSSR count). The van der Waals surface area contributed by atoms with Gasteiger partial charge in [-0.25, -0.2) is 0 Å². The molecule has 0 atom stereocenters. The van der Waals surface area contributed by atoms with E-state index in [4.69, 9.17) is 0 Å². The Morgan fingerprint density at radius 2 is 1.68 bits per heavy atom. The number of fused-ring (bicyclic) bond motifs is 2. The van der Waals surface area contributed by atoms with Crippen molar-refractivity contribution in [3.63, 3.8) is 0 Å². The Balaban J connectivity index is 1.96. The van der Waals surface area contributed by atoms with Gasteiger partial charge in [-0.15, -0.1) is 0 Å². The summed E-state index contributed by atoms with van der Waals surface area (Å²) in [6.07, 6.45) is 10.9. The van der Waals surface area contributed by atoms with E-state index in [-0.39, 0.29) is 0 Å². The van der Waals surface area contributed by atoms with Crippen molar-refractivity contribution in [3.8, 4) is 0 Å². The lowest BCUT2D eigenvalue weighted by Gasteiger charge is -2.23. The molecule has 2 aliphatic rings. The van der Waals surface area contributed by atoms with Crippen molar-refractivity contribution in [1.29, 1.82) is 0 Å². The van der Waals surface area contributed by atoms with Crippen molar-refractivity contribution in [2.45, 2.75) is 26.7 Å². The van der Waals surface area contributed by atoms with Crippen molar-refractivity contribution in [1.82, 2.24) is 4.90 Å². The lowest BCUT2D eigenvalue weighted by molar-refractivity contribution is 0.362. The number of hydrogen-bond donors (Lipinski definition) is 0. The summed E-state index contributed by atoms with van der Waals surface area (Å²) < 4.78 is 0. The molecule has 1 aliphatic carbocycles. The summed E-state index contributed by atoms with van der Waals surface area (Å²) in [5.74, 6) is 0. The smallest absolute Gasteiger partial charge is 0.0378 e. The Hall–Kier alpha value is -1.83. The van der Waals surface area contributed by atoms with E-state index in [0.717, 1.165) is 13.1 Å². The van der Waals surface area contributed by atoms with Gasteiger partial charge in [0.2, 0.25) is 0 Å². The molecule has 1 aromatic rings. The van der Waals surface area contributed by atoms with Crippen LogP contribution in [-0.4, -0.2) is 24.2 Å². The molecule has 0 fully saturated rings. The highest BCUT2D eigenvalue weighted by molar-refractivity contribution is 5.87. The maximum Gasteiger partial charge on any atom is 0.0378 e. The largest absolute Gasteiger partial charge is 0.372 e. The van der Waals surface area contributed by atoms with Crippen LogP contribution in [0.4, 0.5) is 0 Å². The van der Waals surface area contributed by atoms with Crippen molar-refractivity contribution < 1.29 is 0 Å². The van der Waals surface area contributed by atoms with Gasteiger partial charge >= 0.3 is 0 Å². The maximum atomic E-state index is 4.21. The van der Waals surface area contributed by atoms with E-state index in [2.05, 4.69) is 48.0 Å². The van der Waals surface area contributed by atoms with Gasteiger partial charge in [-0.05, 0) is 47.9 Å². The van der Waals surface area contributed by atoms with Crippen LogP contribution < -0.4 is 10.4 Å². The lowest BCUT2D eigenvalue weighted by Crippen LogP contribution is -2.23. The second-order valence-corrected chi connectivity index (χ2v) is 5.22. The normalized spacial score (nSPS) is 14.5. The van der Waals surface area contributed by atoms with Gasteiger partial charge in [0.1, 0.15) is 0 Å². The molecule has 0 unspecified atom stereocenters. The minimum absolute atomic E-state index is 1.14. The first-order valence-corrected chi connectivity index (χ1v) is 7.17. The van der Waals surface area contributed by atoms with Crippen LogP contribution in [-0.2, 0) is 0 Å². The molecule has 0 spiro atoms. The van der Waals surface area contributed by atoms with Crippen molar-refractivity contribution >= 4 is 24.6 Å². The molecule has 0 aromatic heterocycles. The van der Waals surface area contributed by atoms with Gasteiger partial charge in [0, 0.05) is 42.0 Å². The second-order valence-electron chi connectivity index (χ2n) is 5.22. The molecule has 98 valence electrons. The van der Waals surface area contributed by atoms with Crippen LogP contribution in [0.3, 0.4) is 0 Å². The molecule has 2 nitrogen and oxygen atoms in total. The highest BCUT2D eigenvalue weighted by Crippen LogP contribution is 2.16. The van der Waals surface area contributed by atoms with Crippen LogP contribution in [0, 0.1) is 0 Å². The van der Waals surface area contributed by atoms with Crippen LogP contribution in [0.1, 0.15) is 37.8 Å². The number of benzene rings is 1. The average molecular weight is 252 g/mol. The first kappa shape index (κ1) is 12.2. The summed E-state index contributed by atoms with van der Waals surface area (Å²) in [5, 5.41) is 2.56. The molecule has 1 heterocycles. The van der Waals surface area contributed by atoms with Crippen LogP contribution in [0.5, 0.6) is 0 Å². The van der Waals surface area contributed by atoms with E-state index in [9.17, 15) is 0 Å². The van der Waals surface area contributed by atoms with E-state index >= 15 is 0 Å². The van der Waals surface area contributed by atoms with E-state index in [1.165, 1.54) is 40.1 Å². The van der Waals surface area contributed by atoms with Gasteiger partial charge in [-0.2, -0.15) is 0 Å². The quantitative estimate of drug-likeness (QED) is 0.783. The number of hydrogen-bond acceptors (Lipinski definition) is 2. The molecule has 0 bridgehead atoms. The van der Waals surface area contributed by atoms with Gasteiger partial charge in [-0.1, -0.05) is 13.8 Å². The molecule has 0 N–H and O–H groups in total. The third-order valence-electron chi connectivity index (χ3n) is 3.67. The van der Waals surface area contributed by atoms with Gasteiger partial charge in [-0.3, -0.25) is 4.99 Å². The van der Waals surface area contributed by atoms with Crippen LogP contribution >= 0.6 is 0 Å². The second kappa shape index (κ2) is 5.04. The van der Waals surface area contributed by atoms with E-state index < -0.39 is 0 Å². The molecule has 0 amide bonds. The fourth-order valence-electron chi connectivity index (χ4n) is 2.79. The summed E-state index contributed by atoms with van der Waals surface area (Å²) in [7, 11) is 0. The molecular formula is C17H20N2. The maximum absolute atomic E-state index is 4.21. The number of allylic oxidation sites excluding steroid dienone is 1.